The van der Waals surface area contributed by atoms with Crippen LogP contribution < -0.4 is 0 Å². The number of carbonyl (C=O) groups is 1. The molecule has 1 aliphatic rings. The minimum atomic E-state index is -0.00592. The van der Waals surface area contributed by atoms with Crippen molar-refractivity contribution in [2.75, 3.05) is 20.2 Å². The van der Waals surface area contributed by atoms with Crippen molar-refractivity contribution in [1.82, 2.24) is 9.88 Å². The van der Waals surface area contributed by atoms with E-state index in [9.17, 15) is 4.79 Å². The minimum Gasteiger partial charge on any atom is -0.378 e. The van der Waals surface area contributed by atoms with Crippen molar-refractivity contribution < 1.29 is 9.53 Å². The maximum atomic E-state index is 12.0. The number of hydrogen-bond donors (Lipinski definition) is 0. The zero-order chi connectivity index (χ0) is 12.4. The van der Waals surface area contributed by atoms with Crippen LogP contribution in [0.2, 0.25) is 0 Å². The second-order valence-electron chi connectivity index (χ2n) is 4.70. The van der Waals surface area contributed by atoms with Gasteiger partial charge >= 0.3 is 0 Å². The number of rotatable bonds is 3. The van der Waals surface area contributed by atoms with Gasteiger partial charge in [0.1, 0.15) is 5.69 Å². The minimum absolute atomic E-state index is 0.00592. The smallest absolute Gasteiger partial charge is 0.272 e. The van der Waals surface area contributed by atoms with Gasteiger partial charge in [0.2, 0.25) is 0 Å². The Morgan fingerprint density at radius 2 is 2.18 bits per heavy atom. The van der Waals surface area contributed by atoms with Crippen molar-refractivity contribution in [2.45, 2.75) is 25.9 Å². The summed E-state index contributed by atoms with van der Waals surface area (Å²) in [4.78, 5) is 18.0. The van der Waals surface area contributed by atoms with Gasteiger partial charge in [0, 0.05) is 26.4 Å². The van der Waals surface area contributed by atoms with Crippen LogP contribution >= 0.6 is 0 Å². The van der Waals surface area contributed by atoms with Gasteiger partial charge in [0.15, 0.2) is 0 Å². The first-order valence-corrected chi connectivity index (χ1v) is 5.90. The first-order valence-electron chi connectivity index (χ1n) is 5.90. The third-order valence-corrected chi connectivity index (χ3v) is 3.14. The molecule has 2 rings (SSSR count). The highest BCUT2D eigenvalue weighted by Crippen LogP contribution is 2.16. The molecule has 1 aromatic heterocycles. The van der Waals surface area contributed by atoms with Crippen LogP contribution in [0.3, 0.4) is 0 Å². The number of nitrogens with zero attached hydrogens (tertiary/aromatic N) is 2. The molecule has 0 spiro atoms. The van der Waals surface area contributed by atoms with E-state index in [0.717, 1.165) is 5.56 Å². The van der Waals surface area contributed by atoms with E-state index >= 15 is 0 Å². The summed E-state index contributed by atoms with van der Waals surface area (Å²) < 4.78 is 5.14. The fourth-order valence-corrected chi connectivity index (χ4v) is 1.79. The Morgan fingerprint density at radius 1 is 1.47 bits per heavy atom. The summed E-state index contributed by atoms with van der Waals surface area (Å²) in [7, 11) is 1.67. The van der Waals surface area contributed by atoms with Gasteiger partial charge in [-0.15, -0.1) is 0 Å². The van der Waals surface area contributed by atoms with Gasteiger partial charge in [0.25, 0.3) is 5.91 Å². The van der Waals surface area contributed by atoms with Gasteiger partial charge in [-0.05, 0) is 17.5 Å². The van der Waals surface area contributed by atoms with Crippen molar-refractivity contribution in [1.29, 1.82) is 0 Å². The van der Waals surface area contributed by atoms with E-state index in [0.29, 0.717) is 24.7 Å². The summed E-state index contributed by atoms with van der Waals surface area (Å²) in [5.74, 6) is 0.433. The van der Waals surface area contributed by atoms with Crippen LogP contribution in [0, 0.1) is 0 Å². The molecule has 1 amide bonds. The second kappa shape index (κ2) is 4.84. The molecule has 0 saturated carbocycles. The molecule has 4 nitrogen and oxygen atoms in total. The summed E-state index contributed by atoms with van der Waals surface area (Å²) >= 11 is 0. The Morgan fingerprint density at radius 3 is 2.65 bits per heavy atom. The van der Waals surface area contributed by atoms with Crippen molar-refractivity contribution >= 4 is 5.91 Å². The molecule has 1 aliphatic heterocycles. The zero-order valence-electron chi connectivity index (χ0n) is 10.5. The summed E-state index contributed by atoms with van der Waals surface area (Å²) in [6, 6.07) is 3.77. The fraction of sp³-hybridized carbons (Fsp3) is 0.538. The molecule has 0 bridgehead atoms. The average Bonchev–Trinajstić information content (AvgIpc) is 2.27. The Balaban J connectivity index is 2.01. The molecule has 2 heterocycles. The van der Waals surface area contributed by atoms with Gasteiger partial charge in [0.05, 0.1) is 6.10 Å². The molecule has 0 aromatic carbocycles. The molecular weight excluding hydrogens is 216 g/mol. The lowest BCUT2D eigenvalue weighted by atomic mass is 10.1. The first-order chi connectivity index (χ1) is 8.11. The molecule has 0 aliphatic carbocycles. The van der Waals surface area contributed by atoms with Crippen LogP contribution in [-0.4, -0.2) is 42.1 Å². The number of methoxy groups -OCH3 is 1. The Kier molecular flexibility index (Phi) is 3.43. The Bertz CT molecular complexity index is 394. The standard InChI is InChI=1S/C13H18N2O2/c1-9(2)10-4-5-12(14-6-10)13(16)15-7-11(8-15)17-3/h4-6,9,11H,7-8H2,1-3H3. The van der Waals surface area contributed by atoms with Gasteiger partial charge < -0.3 is 9.64 Å². The molecule has 0 radical (unpaired) electrons. The molecule has 0 N–H and O–H groups in total. The normalized spacial score (nSPS) is 16.1. The predicted molar refractivity (Wildman–Crippen MR) is 65.0 cm³/mol. The molecule has 1 saturated heterocycles. The van der Waals surface area contributed by atoms with Gasteiger partial charge in [-0.25, -0.2) is 0 Å². The molecule has 1 aromatic rings. The Hall–Kier alpha value is -1.42. The zero-order valence-corrected chi connectivity index (χ0v) is 10.5. The summed E-state index contributed by atoms with van der Waals surface area (Å²) in [6.07, 6.45) is 1.97. The second-order valence-corrected chi connectivity index (χ2v) is 4.70. The lowest BCUT2D eigenvalue weighted by Crippen LogP contribution is -2.54. The van der Waals surface area contributed by atoms with E-state index < -0.39 is 0 Å². The SMILES string of the molecule is COC1CN(C(=O)c2ccc(C(C)C)cn2)C1. The van der Waals surface area contributed by atoms with E-state index in [4.69, 9.17) is 4.74 Å². The molecule has 92 valence electrons. The van der Waals surface area contributed by atoms with Crippen LogP contribution in [0.1, 0.15) is 35.8 Å². The molecule has 0 unspecified atom stereocenters. The highest BCUT2D eigenvalue weighted by Gasteiger charge is 2.31. The third-order valence-electron chi connectivity index (χ3n) is 3.14. The molecule has 0 atom stereocenters. The maximum absolute atomic E-state index is 12.0. The monoisotopic (exact) mass is 234 g/mol. The molecule has 4 heteroatoms. The van der Waals surface area contributed by atoms with E-state index in [2.05, 4.69) is 18.8 Å². The fourth-order valence-electron chi connectivity index (χ4n) is 1.79. The number of amides is 1. The first kappa shape index (κ1) is 12.0. The van der Waals surface area contributed by atoms with Crippen LogP contribution in [0.25, 0.3) is 0 Å². The van der Waals surface area contributed by atoms with E-state index in [-0.39, 0.29) is 12.0 Å². The average molecular weight is 234 g/mol. The topological polar surface area (TPSA) is 42.4 Å². The number of pyridine rings is 1. The third kappa shape index (κ3) is 2.47. The lowest BCUT2D eigenvalue weighted by molar-refractivity contribution is -0.0194. The van der Waals surface area contributed by atoms with E-state index in [1.54, 1.807) is 24.3 Å². The number of hydrogen-bond acceptors (Lipinski definition) is 3. The lowest BCUT2D eigenvalue weighted by Gasteiger charge is -2.37. The van der Waals surface area contributed by atoms with Gasteiger partial charge in [-0.1, -0.05) is 19.9 Å². The highest BCUT2D eigenvalue weighted by molar-refractivity contribution is 5.92. The van der Waals surface area contributed by atoms with Crippen molar-refractivity contribution in [3.63, 3.8) is 0 Å². The van der Waals surface area contributed by atoms with Crippen molar-refractivity contribution in [2.24, 2.45) is 0 Å². The van der Waals surface area contributed by atoms with Crippen LogP contribution in [0.15, 0.2) is 18.3 Å². The number of ether oxygens (including phenoxy) is 1. The summed E-state index contributed by atoms with van der Waals surface area (Å²) in [5.41, 5.74) is 1.67. The number of aromatic nitrogens is 1. The van der Waals surface area contributed by atoms with Gasteiger partial charge in [-0.3, -0.25) is 9.78 Å². The van der Waals surface area contributed by atoms with E-state index in [1.165, 1.54) is 0 Å². The van der Waals surface area contributed by atoms with Crippen molar-refractivity contribution in [3.8, 4) is 0 Å². The van der Waals surface area contributed by atoms with Gasteiger partial charge in [-0.2, -0.15) is 0 Å². The van der Waals surface area contributed by atoms with Crippen LogP contribution in [-0.2, 0) is 4.74 Å². The predicted octanol–water partition coefficient (Wildman–Crippen LogP) is 1.68. The summed E-state index contributed by atoms with van der Waals surface area (Å²) in [5, 5.41) is 0. The number of carbonyl (C=O) groups excluding carboxylic acids is 1. The maximum Gasteiger partial charge on any atom is 0.272 e. The van der Waals surface area contributed by atoms with Crippen LogP contribution in [0.4, 0.5) is 0 Å². The van der Waals surface area contributed by atoms with Crippen LogP contribution in [0.5, 0.6) is 0 Å². The molecule has 17 heavy (non-hydrogen) atoms. The Labute approximate surface area is 102 Å². The number of likely N-dealkylation sites (tertiary alicyclic amines) is 1. The molecule has 1 fully saturated rings. The highest BCUT2D eigenvalue weighted by atomic mass is 16.5. The van der Waals surface area contributed by atoms with Crippen molar-refractivity contribution in [3.05, 3.63) is 29.6 Å². The van der Waals surface area contributed by atoms with E-state index in [1.807, 2.05) is 6.07 Å². The summed E-state index contributed by atoms with van der Waals surface area (Å²) in [6.45, 7) is 5.56. The largest absolute Gasteiger partial charge is 0.378 e. The molecular formula is C13H18N2O2. The quantitative estimate of drug-likeness (QED) is 0.799.